The lowest BCUT2D eigenvalue weighted by molar-refractivity contribution is -0.163. The van der Waals surface area contributed by atoms with Crippen LogP contribution in [0.25, 0.3) is 0 Å². The molecule has 0 aromatic heterocycles. The number of halogens is 6. The first-order chi connectivity index (χ1) is 8.76. The van der Waals surface area contributed by atoms with Crippen molar-refractivity contribution in [2.24, 2.45) is 0 Å². The van der Waals surface area contributed by atoms with Crippen molar-refractivity contribution in [3.63, 3.8) is 0 Å². The van der Waals surface area contributed by atoms with E-state index in [1.54, 1.807) is 19.6 Å². The van der Waals surface area contributed by atoms with Crippen LogP contribution in [0.2, 0.25) is 19.6 Å². The lowest BCUT2D eigenvalue weighted by atomic mass is 9.94. The minimum Gasteiger partial charge on any atom is -0.384 e. The summed E-state index contributed by atoms with van der Waals surface area (Å²) in [7, 11) is -2.58. The van der Waals surface area contributed by atoms with Gasteiger partial charge in [0.2, 0.25) is 5.79 Å². The number of fused-ring (bicyclic) bond motifs is 2. The van der Waals surface area contributed by atoms with E-state index >= 15 is 0 Å². The molecule has 9 heteroatoms. The Hall–Kier alpha value is -0.803. The zero-order valence-corrected chi connectivity index (χ0v) is 11.8. The van der Waals surface area contributed by atoms with Crippen molar-refractivity contribution < 1.29 is 35.5 Å². The normalized spacial score (nSPS) is 30.6. The summed E-state index contributed by atoms with van der Waals surface area (Å²) in [4.78, 5) is 0. The molecule has 2 rings (SSSR count). The Bertz CT molecular complexity index is 485. The van der Waals surface area contributed by atoms with Crippen LogP contribution >= 0.6 is 0 Å². The van der Waals surface area contributed by atoms with Gasteiger partial charge in [0.1, 0.15) is 11.7 Å². The first kappa shape index (κ1) is 15.6. The average molecular weight is 318 g/mol. The molecule has 0 fully saturated rings. The quantitative estimate of drug-likeness (QED) is 0.436. The molecule has 0 aromatic carbocycles. The third-order valence-corrected chi connectivity index (χ3v) is 3.66. The van der Waals surface area contributed by atoms with Crippen molar-refractivity contribution in [3.05, 3.63) is 23.3 Å². The van der Waals surface area contributed by atoms with Crippen LogP contribution in [0.4, 0.5) is 26.3 Å². The lowest BCUT2D eigenvalue weighted by Crippen LogP contribution is -2.45. The highest BCUT2D eigenvalue weighted by atomic mass is 28.4. The molecule has 2 heterocycles. The van der Waals surface area contributed by atoms with Crippen LogP contribution in [0.1, 0.15) is 0 Å². The maximum absolute atomic E-state index is 13.1. The molecular weight excluding hydrogens is 306 g/mol. The second-order valence-corrected chi connectivity index (χ2v) is 9.99. The van der Waals surface area contributed by atoms with Crippen molar-refractivity contribution in [2.45, 2.75) is 43.9 Å². The van der Waals surface area contributed by atoms with Gasteiger partial charge in [-0.1, -0.05) is 0 Å². The molecule has 0 amide bonds. The predicted molar refractivity (Wildman–Crippen MR) is 60.3 cm³/mol. The third-order valence-electron chi connectivity index (χ3n) is 2.74. The Morgan fingerprint density at radius 2 is 1.65 bits per heavy atom. The molecule has 0 spiro atoms. The fourth-order valence-electron chi connectivity index (χ4n) is 2.33. The maximum Gasteiger partial charge on any atom is 0.418 e. The topological polar surface area (TPSA) is 18.5 Å². The van der Waals surface area contributed by atoms with Crippen LogP contribution in [0, 0.1) is 0 Å². The summed E-state index contributed by atoms with van der Waals surface area (Å²) < 4.78 is 88.1. The highest BCUT2D eigenvalue weighted by Crippen LogP contribution is 2.55. The Morgan fingerprint density at radius 1 is 1.10 bits per heavy atom. The molecule has 2 aliphatic heterocycles. The fraction of sp³-hybridized carbons (Fsp3) is 0.636. The van der Waals surface area contributed by atoms with Crippen LogP contribution in [0.3, 0.4) is 0 Å². The molecular formula is C11H12F6O2Si. The predicted octanol–water partition coefficient (Wildman–Crippen LogP) is 3.92. The van der Waals surface area contributed by atoms with Gasteiger partial charge in [-0.05, 0) is 31.8 Å². The highest BCUT2D eigenvalue weighted by molar-refractivity contribution is 6.69. The van der Waals surface area contributed by atoms with Gasteiger partial charge in [0.05, 0.1) is 5.57 Å². The zero-order chi connectivity index (χ0) is 15.6. The Labute approximate surface area is 112 Å². The molecule has 2 atom stereocenters. The molecule has 0 N–H and O–H groups in total. The van der Waals surface area contributed by atoms with E-state index in [2.05, 4.69) is 0 Å². The molecule has 114 valence electrons. The van der Waals surface area contributed by atoms with Crippen molar-refractivity contribution in [2.75, 3.05) is 0 Å². The van der Waals surface area contributed by atoms with E-state index in [1.807, 2.05) is 0 Å². The second kappa shape index (κ2) is 4.11. The molecule has 0 saturated carbocycles. The first-order valence-electron chi connectivity index (χ1n) is 5.73. The van der Waals surface area contributed by atoms with Crippen molar-refractivity contribution in [1.82, 2.24) is 0 Å². The number of rotatable bonds is 2. The third kappa shape index (κ3) is 2.53. The van der Waals surface area contributed by atoms with Crippen LogP contribution in [-0.4, -0.2) is 32.6 Å². The van der Waals surface area contributed by atoms with Crippen molar-refractivity contribution >= 4 is 8.32 Å². The van der Waals surface area contributed by atoms with E-state index in [4.69, 9.17) is 9.16 Å². The van der Waals surface area contributed by atoms with E-state index in [0.717, 1.165) is 12.2 Å². The van der Waals surface area contributed by atoms with Gasteiger partial charge >= 0.3 is 12.4 Å². The number of hydrogen-bond acceptors (Lipinski definition) is 2. The van der Waals surface area contributed by atoms with Gasteiger partial charge in [0.25, 0.3) is 0 Å². The molecule has 0 unspecified atom stereocenters. The van der Waals surface area contributed by atoms with E-state index in [0.29, 0.717) is 0 Å². The monoisotopic (exact) mass is 318 g/mol. The zero-order valence-electron chi connectivity index (χ0n) is 10.8. The minimum absolute atomic E-state index is 0.925. The standard InChI is InChI=1S/C11H12F6O2Si/c1-20(2,3)19-9-5-4-6(18-9)7(10(12,13)14)8(9)11(15,16)17/h4-6H,1-3H3/t6-,9-/m1/s1. The number of ether oxygens (including phenoxy) is 1. The summed E-state index contributed by atoms with van der Waals surface area (Å²) >= 11 is 0. The number of alkyl halides is 6. The van der Waals surface area contributed by atoms with Gasteiger partial charge in [-0.15, -0.1) is 0 Å². The highest BCUT2D eigenvalue weighted by Gasteiger charge is 2.65. The fourth-order valence-corrected chi connectivity index (χ4v) is 3.45. The van der Waals surface area contributed by atoms with Gasteiger partial charge in [0, 0.05) is 0 Å². The van der Waals surface area contributed by atoms with Gasteiger partial charge in [-0.2, -0.15) is 26.3 Å². The molecule has 20 heavy (non-hydrogen) atoms. The second-order valence-electron chi connectivity index (χ2n) is 5.56. The van der Waals surface area contributed by atoms with Crippen molar-refractivity contribution in [1.29, 1.82) is 0 Å². The summed E-state index contributed by atoms with van der Waals surface area (Å²) in [6, 6.07) is 0. The molecule has 0 aliphatic carbocycles. The van der Waals surface area contributed by atoms with E-state index in [1.165, 1.54) is 0 Å². The first-order valence-corrected chi connectivity index (χ1v) is 9.13. The summed E-state index contributed by atoms with van der Waals surface area (Å²) in [5.41, 5.74) is -3.50. The number of hydrogen-bond donors (Lipinski definition) is 0. The smallest absolute Gasteiger partial charge is 0.384 e. The Morgan fingerprint density at radius 3 is 2.05 bits per heavy atom. The van der Waals surface area contributed by atoms with E-state index in [-0.39, 0.29) is 0 Å². The molecule has 0 radical (unpaired) electrons. The molecule has 2 nitrogen and oxygen atoms in total. The van der Waals surface area contributed by atoms with E-state index in [9.17, 15) is 26.3 Å². The lowest BCUT2D eigenvalue weighted by Gasteiger charge is -2.34. The summed E-state index contributed by atoms with van der Waals surface area (Å²) in [5, 5.41) is 0. The van der Waals surface area contributed by atoms with E-state index < -0.39 is 43.7 Å². The van der Waals surface area contributed by atoms with Crippen molar-refractivity contribution in [3.8, 4) is 0 Å². The SMILES string of the molecule is C[Si](C)(C)O[C@@]12C=C[C@@H](O1)C(C(F)(F)F)=C2C(F)(F)F. The average Bonchev–Trinajstić information content (AvgIpc) is 2.65. The van der Waals surface area contributed by atoms with Gasteiger partial charge in [0.15, 0.2) is 8.32 Å². The summed E-state index contributed by atoms with van der Waals surface area (Å²) in [6.45, 7) is 4.73. The van der Waals surface area contributed by atoms with Gasteiger partial charge < -0.3 is 9.16 Å². The molecule has 2 aliphatic rings. The summed E-state index contributed by atoms with van der Waals surface area (Å²) in [5.74, 6) is -2.46. The van der Waals surface area contributed by atoms with Crippen LogP contribution in [-0.2, 0) is 9.16 Å². The van der Waals surface area contributed by atoms with Crippen LogP contribution in [0.5, 0.6) is 0 Å². The Balaban J connectivity index is 2.59. The van der Waals surface area contributed by atoms with Crippen LogP contribution in [0.15, 0.2) is 23.3 Å². The molecule has 0 saturated heterocycles. The van der Waals surface area contributed by atoms with Gasteiger partial charge in [-0.25, -0.2) is 0 Å². The molecule has 2 bridgehead atoms. The molecule has 0 aromatic rings. The maximum atomic E-state index is 13.1. The van der Waals surface area contributed by atoms with Gasteiger partial charge in [-0.3, -0.25) is 0 Å². The minimum atomic E-state index is -5.18. The summed E-state index contributed by atoms with van der Waals surface area (Å²) in [6.07, 6.45) is -10.2. The largest absolute Gasteiger partial charge is 0.418 e. The van der Waals surface area contributed by atoms with Crippen LogP contribution < -0.4 is 0 Å². The Kier molecular flexibility index (Phi) is 3.20.